The van der Waals surface area contributed by atoms with Gasteiger partial charge < -0.3 is 10.1 Å². The molecule has 0 aromatic heterocycles. The lowest BCUT2D eigenvalue weighted by Gasteiger charge is -2.10. The van der Waals surface area contributed by atoms with Crippen molar-refractivity contribution in [2.24, 2.45) is 0 Å². The maximum atomic E-state index is 12.7. The molecule has 0 aliphatic carbocycles. The smallest absolute Gasteiger partial charge is 0.382 e. The second-order valence-corrected chi connectivity index (χ2v) is 5.15. The van der Waals surface area contributed by atoms with Crippen LogP contribution in [0.15, 0.2) is 29.3 Å². The lowest BCUT2D eigenvalue weighted by molar-refractivity contribution is -0.137. The number of halogens is 3. The third kappa shape index (κ3) is 2.69. The van der Waals surface area contributed by atoms with Crippen molar-refractivity contribution >= 4 is 23.1 Å². The number of hydrogen-bond acceptors (Lipinski definition) is 4. The summed E-state index contributed by atoms with van der Waals surface area (Å²) in [5.41, 5.74) is -1.03. The molecule has 1 aliphatic heterocycles. The van der Waals surface area contributed by atoms with E-state index in [1.165, 1.54) is 19.2 Å². The van der Waals surface area contributed by atoms with Crippen molar-refractivity contribution in [1.29, 1.82) is 0 Å². The third-order valence-corrected chi connectivity index (χ3v) is 4.10. The van der Waals surface area contributed by atoms with Crippen LogP contribution in [0, 0.1) is 0 Å². The highest BCUT2D eigenvalue weighted by atomic mass is 32.2. The second kappa shape index (κ2) is 5.49. The molecule has 0 saturated heterocycles. The number of thioether (sulfide) groups is 1. The molecule has 1 unspecified atom stereocenters. The van der Waals surface area contributed by atoms with Crippen molar-refractivity contribution in [1.82, 2.24) is 5.32 Å². The number of methoxy groups -OCH3 is 1. The molecule has 1 atom stereocenters. The van der Waals surface area contributed by atoms with Gasteiger partial charge in [0.2, 0.25) is 5.78 Å². The minimum atomic E-state index is -4.44. The quantitative estimate of drug-likeness (QED) is 0.932. The van der Waals surface area contributed by atoms with Gasteiger partial charge in [0.1, 0.15) is 0 Å². The number of nitrogens with one attached hydrogen (secondary N) is 1. The van der Waals surface area contributed by atoms with Crippen molar-refractivity contribution in [3.05, 3.63) is 40.4 Å². The number of hydrogen-bond donors (Lipinski definition) is 1. The average Bonchev–Trinajstić information content (AvgIpc) is 2.74. The van der Waals surface area contributed by atoms with Gasteiger partial charge in [0.25, 0.3) is 0 Å². The lowest BCUT2D eigenvalue weighted by atomic mass is 10.0. The van der Waals surface area contributed by atoms with Gasteiger partial charge in [0, 0.05) is 14.2 Å². The zero-order valence-electron chi connectivity index (χ0n) is 10.7. The molecule has 108 valence electrons. The van der Waals surface area contributed by atoms with Crippen molar-refractivity contribution in [3.8, 4) is 0 Å². The maximum absolute atomic E-state index is 12.7. The van der Waals surface area contributed by atoms with Crippen LogP contribution in [0.5, 0.6) is 0 Å². The van der Waals surface area contributed by atoms with Gasteiger partial charge in [0.05, 0.1) is 16.2 Å². The van der Waals surface area contributed by atoms with E-state index in [0.717, 1.165) is 23.9 Å². The fourth-order valence-corrected chi connectivity index (χ4v) is 2.90. The van der Waals surface area contributed by atoms with Crippen LogP contribution in [0.3, 0.4) is 0 Å². The molecule has 0 bridgehead atoms. The fourth-order valence-electron chi connectivity index (χ4n) is 1.91. The Bertz CT molecular complexity index is 569. The Morgan fingerprint density at radius 1 is 1.35 bits per heavy atom. The molecule has 1 heterocycles. The SMILES string of the molecule is CNC1=C(c2cccc(C(F)(F)F)c2)C(=O)C(OC)S1. The van der Waals surface area contributed by atoms with Crippen LogP contribution in [0.2, 0.25) is 0 Å². The summed E-state index contributed by atoms with van der Waals surface area (Å²) in [7, 11) is 3.00. The molecule has 20 heavy (non-hydrogen) atoms. The van der Waals surface area contributed by atoms with Gasteiger partial charge in [-0.2, -0.15) is 13.2 Å². The normalized spacial score (nSPS) is 19.6. The molecule has 7 heteroatoms. The summed E-state index contributed by atoms with van der Waals surface area (Å²) in [4.78, 5) is 12.1. The highest BCUT2D eigenvalue weighted by molar-refractivity contribution is 8.05. The van der Waals surface area contributed by atoms with Crippen molar-refractivity contribution < 1.29 is 22.7 Å². The van der Waals surface area contributed by atoms with Crippen molar-refractivity contribution in [2.75, 3.05) is 14.2 Å². The first-order chi connectivity index (χ1) is 9.38. The van der Waals surface area contributed by atoms with Gasteiger partial charge in [-0.05, 0) is 17.7 Å². The fraction of sp³-hybridized carbons (Fsp3) is 0.308. The lowest BCUT2D eigenvalue weighted by Crippen LogP contribution is -2.15. The van der Waals surface area contributed by atoms with Gasteiger partial charge in [-0.3, -0.25) is 4.79 Å². The first-order valence-corrected chi connectivity index (χ1v) is 6.59. The van der Waals surface area contributed by atoms with Crippen LogP contribution in [0.1, 0.15) is 11.1 Å². The van der Waals surface area contributed by atoms with E-state index in [-0.39, 0.29) is 16.9 Å². The molecule has 1 aromatic carbocycles. The second-order valence-electron chi connectivity index (χ2n) is 4.08. The van der Waals surface area contributed by atoms with Crippen LogP contribution in [-0.2, 0) is 15.7 Å². The molecular formula is C13H12F3NO2S. The molecule has 3 nitrogen and oxygen atoms in total. The van der Waals surface area contributed by atoms with E-state index in [9.17, 15) is 18.0 Å². The number of carbonyl (C=O) groups excluding carboxylic acids is 1. The van der Waals surface area contributed by atoms with Crippen LogP contribution >= 0.6 is 11.8 Å². The first-order valence-electron chi connectivity index (χ1n) is 5.71. The summed E-state index contributed by atoms with van der Waals surface area (Å²) in [6.07, 6.45) is -4.44. The molecule has 0 fully saturated rings. The largest absolute Gasteiger partial charge is 0.416 e. The zero-order valence-corrected chi connectivity index (χ0v) is 11.6. The highest BCUT2D eigenvalue weighted by Crippen LogP contribution is 2.40. The van der Waals surface area contributed by atoms with Crippen LogP contribution in [0.25, 0.3) is 5.57 Å². The predicted molar refractivity (Wildman–Crippen MR) is 70.8 cm³/mol. The van der Waals surface area contributed by atoms with E-state index in [1.807, 2.05) is 0 Å². The Morgan fingerprint density at radius 2 is 2.05 bits per heavy atom. The molecule has 0 amide bonds. The van der Waals surface area contributed by atoms with Gasteiger partial charge in [-0.1, -0.05) is 23.9 Å². The molecule has 1 N–H and O–H groups in total. The zero-order chi connectivity index (χ0) is 14.9. The van der Waals surface area contributed by atoms with E-state index in [1.54, 1.807) is 7.05 Å². The summed E-state index contributed by atoms with van der Waals surface area (Å²) in [6, 6.07) is 4.72. The molecule has 1 aliphatic rings. The number of alkyl halides is 3. The Balaban J connectivity index is 2.47. The summed E-state index contributed by atoms with van der Waals surface area (Å²) in [5.74, 6) is -0.332. The topological polar surface area (TPSA) is 38.3 Å². The number of rotatable bonds is 3. The van der Waals surface area contributed by atoms with Crippen LogP contribution < -0.4 is 5.32 Å². The number of carbonyl (C=O) groups is 1. The van der Waals surface area contributed by atoms with Gasteiger partial charge in [0.15, 0.2) is 5.44 Å². The Kier molecular flexibility index (Phi) is 4.10. The number of ether oxygens (including phenoxy) is 1. The first kappa shape index (κ1) is 14.9. The van der Waals surface area contributed by atoms with E-state index in [2.05, 4.69) is 5.32 Å². The average molecular weight is 303 g/mol. The third-order valence-electron chi connectivity index (χ3n) is 2.83. The standard InChI is InChI=1S/C13H12F3NO2S/c1-17-11-9(10(18)12(19-2)20-11)7-4-3-5-8(6-7)13(14,15)16/h3-6,12,17H,1-2H3. The number of ketones is 1. The van der Waals surface area contributed by atoms with Gasteiger partial charge in [-0.25, -0.2) is 0 Å². The summed E-state index contributed by atoms with van der Waals surface area (Å²) >= 11 is 1.15. The van der Waals surface area contributed by atoms with Crippen LogP contribution in [0.4, 0.5) is 13.2 Å². The number of benzene rings is 1. The summed E-state index contributed by atoms with van der Waals surface area (Å²) in [5, 5.41) is 3.34. The van der Waals surface area contributed by atoms with E-state index < -0.39 is 17.2 Å². The highest BCUT2D eigenvalue weighted by Gasteiger charge is 2.36. The summed E-state index contributed by atoms with van der Waals surface area (Å²) < 4.78 is 43.2. The predicted octanol–water partition coefficient (Wildman–Crippen LogP) is 2.88. The van der Waals surface area contributed by atoms with E-state index in [4.69, 9.17) is 4.74 Å². The maximum Gasteiger partial charge on any atom is 0.416 e. The van der Waals surface area contributed by atoms with E-state index >= 15 is 0 Å². The minimum Gasteiger partial charge on any atom is -0.382 e. The minimum absolute atomic E-state index is 0.232. The monoisotopic (exact) mass is 303 g/mol. The molecule has 1 aromatic rings. The van der Waals surface area contributed by atoms with Gasteiger partial charge in [-0.15, -0.1) is 0 Å². The van der Waals surface area contributed by atoms with Gasteiger partial charge >= 0.3 is 6.18 Å². The molecular weight excluding hydrogens is 291 g/mol. The Morgan fingerprint density at radius 3 is 2.60 bits per heavy atom. The molecule has 0 spiro atoms. The summed E-state index contributed by atoms with van der Waals surface area (Å²) in [6.45, 7) is 0. The Hall–Kier alpha value is -1.47. The Labute approximate surface area is 118 Å². The van der Waals surface area contributed by atoms with Crippen molar-refractivity contribution in [2.45, 2.75) is 11.6 Å². The molecule has 0 radical (unpaired) electrons. The molecule has 2 rings (SSSR count). The van der Waals surface area contributed by atoms with Crippen molar-refractivity contribution in [3.63, 3.8) is 0 Å². The number of Topliss-reactive ketones (excluding diaryl/α,β-unsaturated/α-hetero) is 1. The van der Waals surface area contributed by atoms with E-state index in [0.29, 0.717) is 5.03 Å². The molecule has 0 saturated carbocycles. The van der Waals surface area contributed by atoms with Crippen LogP contribution in [-0.4, -0.2) is 25.4 Å².